The smallest absolute Gasteiger partial charge is 0.311 e. The lowest BCUT2D eigenvalue weighted by atomic mass is 9.74. The zero-order valence-electron chi connectivity index (χ0n) is 25.1. The lowest BCUT2D eigenvalue weighted by molar-refractivity contribution is -0.154. The number of likely N-dealkylation sites (tertiary alicyclic amines) is 1. The van der Waals surface area contributed by atoms with Crippen LogP contribution in [0.3, 0.4) is 0 Å². The molecule has 43 heavy (non-hydrogen) atoms. The molecule has 0 radical (unpaired) electrons. The van der Waals surface area contributed by atoms with Gasteiger partial charge in [-0.15, -0.1) is 11.8 Å². The normalized spacial score (nSPS) is 32.0. The third kappa shape index (κ3) is 4.92. The minimum absolute atomic E-state index is 0.193. The molecule has 0 bridgehead atoms. The Morgan fingerprint density at radius 2 is 1.70 bits per heavy atom. The Hall–Kier alpha value is -3.36. The Morgan fingerprint density at radius 3 is 2.42 bits per heavy atom. The number of fused-ring (bicyclic) bond motifs is 2. The summed E-state index contributed by atoms with van der Waals surface area (Å²) in [6, 6.07) is 14.1. The molecule has 7 nitrogen and oxygen atoms in total. The fourth-order valence-corrected chi connectivity index (χ4v) is 9.84. The molecule has 8 heteroatoms. The molecule has 2 aromatic carbocycles. The number of allylic oxidation sites excluding steroid dienone is 1. The van der Waals surface area contributed by atoms with Crippen molar-refractivity contribution in [2.45, 2.75) is 68.0 Å². The van der Waals surface area contributed by atoms with Gasteiger partial charge in [-0.25, -0.2) is 0 Å². The minimum atomic E-state index is -1.01. The van der Waals surface area contributed by atoms with Crippen molar-refractivity contribution in [3.05, 3.63) is 89.5 Å². The second-order valence-corrected chi connectivity index (χ2v) is 14.2. The van der Waals surface area contributed by atoms with Crippen molar-refractivity contribution in [2.24, 2.45) is 11.8 Å². The van der Waals surface area contributed by atoms with E-state index < -0.39 is 39.4 Å². The molecule has 2 amide bonds. The van der Waals surface area contributed by atoms with Gasteiger partial charge in [0.15, 0.2) is 0 Å². The van der Waals surface area contributed by atoms with Crippen molar-refractivity contribution in [1.29, 1.82) is 0 Å². The molecule has 6 rings (SSSR count). The van der Waals surface area contributed by atoms with E-state index in [0.717, 1.165) is 41.6 Å². The summed E-state index contributed by atoms with van der Waals surface area (Å²) in [4.78, 5) is 47.1. The quantitative estimate of drug-likeness (QED) is 0.393. The van der Waals surface area contributed by atoms with Gasteiger partial charge in [0.05, 0.1) is 35.8 Å². The number of rotatable bonds is 5. The number of amides is 2. The molecule has 1 unspecified atom stereocenters. The number of cyclic esters (lactones) is 1. The zero-order chi connectivity index (χ0) is 30.4. The second-order valence-electron chi connectivity index (χ2n) is 12.4. The van der Waals surface area contributed by atoms with Crippen LogP contribution in [0.5, 0.6) is 0 Å². The van der Waals surface area contributed by atoms with Crippen LogP contribution in [0.2, 0.25) is 0 Å². The highest BCUT2D eigenvalue weighted by atomic mass is 32.2. The average molecular weight is 601 g/mol. The summed E-state index contributed by atoms with van der Waals surface area (Å²) in [5, 5.41) is 10.8. The number of ether oxygens (including phenoxy) is 1. The van der Waals surface area contributed by atoms with E-state index in [9.17, 15) is 19.5 Å². The number of carbonyl (C=O) groups excluding carboxylic acids is 3. The van der Waals surface area contributed by atoms with Crippen LogP contribution < -0.4 is 4.90 Å². The topological polar surface area (TPSA) is 87.2 Å². The SMILES string of the molecule is Cc1cccc(C)c1N1CC=C[C@]23S[C@@]4(C)/C=C\CCCCOC(=O)[C@H]4[C@H]2C(=O)N([C@@H](CO)Cc2ccccc2)C3C1=O. The number of aryl methyl sites for hydroxylation is 2. The van der Waals surface area contributed by atoms with Gasteiger partial charge in [0.1, 0.15) is 6.04 Å². The first-order valence-corrected chi connectivity index (χ1v) is 16.1. The zero-order valence-corrected chi connectivity index (χ0v) is 25.9. The van der Waals surface area contributed by atoms with Crippen LogP contribution in [0.1, 0.15) is 42.9 Å². The first-order chi connectivity index (χ1) is 20.7. The van der Waals surface area contributed by atoms with Crippen molar-refractivity contribution < 1.29 is 24.2 Å². The molecule has 4 heterocycles. The predicted octanol–water partition coefficient (Wildman–Crippen LogP) is 4.78. The summed E-state index contributed by atoms with van der Waals surface area (Å²) < 4.78 is 4.04. The predicted molar refractivity (Wildman–Crippen MR) is 169 cm³/mol. The number of esters is 1. The number of hydrogen-bond donors (Lipinski definition) is 1. The van der Waals surface area contributed by atoms with E-state index in [1.165, 1.54) is 11.8 Å². The fraction of sp³-hybridized carbons (Fsp3) is 0.457. The summed E-state index contributed by atoms with van der Waals surface area (Å²) in [5.41, 5.74) is 3.74. The first kappa shape index (κ1) is 29.7. The van der Waals surface area contributed by atoms with E-state index in [4.69, 9.17) is 4.74 Å². The summed E-state index contributed by atoms with van der Waals surface area (Å²) in [6.07, 6.45) is 11.1. The van der Waals surface area contributed by atoms with Gasteiger partial charge in [-0.3, -0.25) is 14.4 Å². The molecule has 6 atom stereocenters. The summed E-state index contributed by atoms with van der Waals surface area (Å²) in [7, 11) is 0. The third-order valence-corrected chi connectivity index (χ3v) is 11.4. The molecule has 4 aliphatic heterocycles. The van der Waals surface area contributed by atoms with Crippen LogP contribution in [-0.2, 0) is 25.5 Å². The number of para-hydroxylation sites is 1. The highest BCUT2D eigenvalue weighted by Gasteiger charge is 2.74. The monoisotopic (exact) mass is 600 g/mol. The minimum Gasteiger partial charge on any atom is -0.465 e. The van der Waals surface area contributed by atoms with Crippen molar-refractivity contribution in [1.82, 2.24) is 4.90 Å². The molecule has 0 aliphatic carbocycles. The maximum atomic E-state index is 15.0. The average Bonchev–Trinajstić information content (AvgIpc) is 3.32. The Kier molecular flexibility index (Phi) is 8.03. The Morgan fingerprint density at radius 1 is 0.953 bits per heavy atom. The number of hydrogen-bond acceptors (Lipinski definition) is 6. The van der Waals surface area contributed by atoms with E-state index >= 15 is 0 Å². The fourth-order valence-electron chi connectivity index (χ4n) is 7.70. The van der Waals surface area contributed by atoms with Crippen molar-refractivity contribution in [3.8, 4) is 0 Å². The number of carbonyl (C=O) groups is 3. The van der Waals surface area contributed by atoms with Gasteiger partial charge in [0, 0.05) is 17.0 Å². The van der Waals surface area contributed by atoms with Crippen LogP contribution in [0.4, 0.5) is 5.69 Å². The van der Waals surface area contributed by atoms with Gasteiger partial charge in [-0.2, -0.15) is 0 Å². The van der Waals surface area contributed by atoms with Crippen molar-refractivity contribution >= 4 is 35.2 Å². The molecule has 1 spiro atoms. The lowest BCUT2D eigenvalue weighted by Gasteiger charge is -2.40. The molecule has 226 valence electrons. The van der Waals surface area contributed by atoms with Gasteiger partial charge in [0.2, 0.25) is 5.91 Å². The van der Waals surface area contributed by atoms with E-state index in [1.54, 1.807) is 9.80 Å². The molecular formula is C35H40N2O5S. The Bertz CT molecular complexity index is 1450. The summed E-state index contributed by atoms with van der Waals surface area (Å²) >= 11 is 1.54. The third-order valence-electron chi connectivity index (χ3n) is 9.57. The summed E-state index contributed by atoms with van der Waals surface area (Å²) in [5.74, 6) is -2.44. The van der Waals surface area contributed by atoms with Gasteiger partial charge in [-0.1, -0.05) is 72.8 Å². The number of benzene rings is 2. The number of nitrogens with zero attached hydrogens (tertiary/aromatic N) is 2. The second kappa shape index (κ2) is 11.6. The summed E-state index contributed by atoms with van der Waals surface area (Å²) in [6.45, 7) is 6.34. The Balaban J connectivity index is 1.52. The molecule has 4 aliphatic rings. The van der Waals surface area contributed by atoms with Gasteiger partial charge in [-0.05, 0) is 63.1 Å². The van der Waals surface area contributed by atoms with Crippen molar-refractivity contribution in [2.75, 3.05) is 24.7 Å². The standard InChI is InChI=1S/C35H40N2O5S/c1-23-13-11-14-24(2)29(23)36-19-12-18-35-27(28-33(41)42-20-10-5-4-9-17-34(28,3)43-35)31(39)37(30(35)32(36)40)26(22-38)21-25-15-7-6-8-16-25/h6-9,11-18,26-28,30,38H,4-5,10,19-22H2,1-3H3/b17-9-/t26-,27+,28-,30?,34+,35+/m1/s1. The van der Waals surface area contributed by atoms with E-state index in [2.05, 4.69) is 12.2 Å². The molecule has 0 saturated carbocycles. The maximum Gasteiger partial charge on any atom is 0.311 e. The molecule has 2 aromatic rings. The number of anilines is 1. The maximum absolute atomic E-state index is 15.0. The van der Waals surface area contributed by atoms with Gasteiger partial charge >= 0.3 is 5.97 Å². The highest BCUT2D eigenvalue weighted by Crippen LogP contribution is 2.65. The molecule has 2 fully saturated rings. The molecule has 2 saturated heterocycles. The molecular weight excluding hydrogens is 560 g/mol. The van der Waals surface area contributed by atoms with Crippen LogP contribution in [0.25, 0.3) is 0 Å². The Labute approximate surface area is 258 Å². The molecule has 1 N–H and O–H groups in total. The van der Waals surface area contributed by atoms with Gasteiger partial charge in [0.25, 0.3) is 5.91 Å². The highest BCUT2D eigenvalue weighted by molar-refractivity contribution is 8.02. The van der Waals surface area contributed by atoms with Gasteiger partial charge < -0.3 is 19.6 Å². The number of thioether (sulfide) groups is 1. The lowest BCUT2D eigenvalue weighted by Crippen LogP contribution is -2.57. The van der Waals surface area contributed by atoms with Crippen LogP contribution in [-0.4, -0.2) is 69.1 Å². The molecule has 0 aromatic heterocycles. The van der Waals surface area contributed by atoms with Crippen molar-refractivity contribution in [3.63, 3.8) is 0 Å². The number of aliphatic hydroxyl groups is 1. The van der Waals surface area contributed by atoms with E-state index in [0.29, 0.717) is 19.6 Å². The van der Waals surface area contributed by atoms with E-state index in [-0.39, 0.29) is 18.4 Å². The van der Waals surface area contributed by atoms with E-state index in [1.807, 2.05) is 81.5 Å². The van der Waals surface area contributed by atoms with Crippen LogP contribution in [0, 0.1) is 25.7 Å². The largest absolute Gasteiger partial charge is 0.465 e. The number of aliphatic hydroxyl groups excluding tert-OH is 1. The first-order valence-electron chi connectivity index (χ1n) is 15.3. The van der Waals surface area contributed by atoms with Crippen LogP contribution >= 0.6 is 11.8 Å². The van der Waals surface area contributed by atoms with Crippen LogP contribution in [0.15, 0.2) is 72.8 Å².